The molecule has 0 saturated carbocycles. The van der Waals surface area contributed by atoms with Gasteiger partial charge in [0.05, 0.1) is 7.11 Å². The van der Waals surface area contributed by atoms with Crippen LogP contribution in [0.5, 0.6) is 5.75 Å². The summed E-state index contributed by atoms with van der Waals surface area (Å²) in [5.74, 6) is 0.619. The van der Waals surface area contributed by atoms with Crippen LogP contribution in [0.25, 0.3) is 0 Å². The fourth-order valence-corrected chi connectivity index (χ4v) is 2.35. The van der Waals surface area contributed by atoms with E-state index in [1.54, 1.807) is 31.4 Å². The molecule has 0 aliphatic carbocycles. The van der Waals surface area contributed by atoms with Gasteiger partial charge in [-0.1, -0.05) is 0 Å². The lowest BCUT2D eigenvalue weighted by Crippen LogP contribution is -2.12. The molecule has 0 fully saturated rings. The molecule has 2 aromatic carbocycles. The lowest BCUT2D eigenvalue weighted by Gasteiger charge is -2.09. The van der Waals surface area contributed by atoms with Gasteiger partial charge in [0, 0.05) is 14.8 Å². The molecule has 2 rings (SSSR count). The number of hydrogen-bond acceptors (Lipinski definition) is 2. The molecule has 0 unspecified atom stereocenters. The minimum absolute atomic E-state index is 0.119. The van der Waals surface area contributed by atoms with Crippen molar-refractivity contribution in [3.05, 3.63) is 57.2 Å². The van der Waals surface area contributed by atoms with Crippen molar-refractivity contribution in [1.82, 2.24) is 0 Å². The summed E-state index contributed by atoms with van der Waals surface area (Å²) in [6.45, 7) is 1.98. The second-order valence-corrected chi connectivity index (χ2v) is 5.39. The molecule has 0 aliphatic heterocycles. The molecule has 0 radical (unpaired) electrons. The van der Waals surface area contributed by atoms with Crippen LogP contribution in [0.2, 0.25) is 0 Å². The van der Waals surface area contributed by atoms with Crippen LogP contribution in [0.3, 0.4) is 0 Å². The van der Waals surface area contributed by atoms with Crippen molar-refractivity contribution in [2.24, 2.45) is 0 Å². The van der Waals surface area contributed by atoms with Crippen molar-refractivity contribution in [3.63, 3.8) is 0 Å². The van der Waals surface area contributed by atoms with E-state index in [0.29, 0.717) is 5.56 Å². The molecule has 3 nitrogen and oxygen atoms in total. The van der Waals surface area contributed by atoms with E-state index in [2.05, 4.69) is 27.9 Å². The first kappa shape index (κ1) is 13.9. The monoisotopic (exact) mass is 367 g/mol. The topological polar surface area (TPSA) is 38.3 Å². The number of nitrogens with one attached hydrogen (secondary N) is 1. The van der Waals surface area contributed by atoms with Crippen molar-refractivity contribution in [2.75, 3.05) is 12.4 Å². The van der Waals surface area contributed by atoms with Crippen LogP contribution in [0, 0.1) is 10.5 Å². The maximum Gasteiger partial charge on any atom is 0.255 e. The molecule has 0 spiro atoms. The van der Waals surface area contributed by atoms with Crippen LogP contribution in [0.15, 0.2) is 42.5 Å². The van der Waals surface area contributed by atoms with E-state index in [-0.39, 0.29) is 5.91 Å². The standard InChI is InChI=1S/C15H14INO2/c1-10-9-12(16)5-8-14(10)17-15(18)11-3-6-13(19-2)7-4-11/h3-9H,1-2H3,(H,17,18). The first-order chi connectivity index (χ1) is 9.10. The van der Waals surface area contributed by atoms with E-state index >= 15 is 0 Å². The summed E-state index contributed by atoms with van der Waals surface area (Å²) < 4.78 is 6.22. The van der Waals surface area contributed by atoms with E-state index in [9.17, 15) is 4.79 Å². The minimum atomic E-state index is -0.119. The maximum atomic E-state index is 12.1. The van der Waals surface area contributed by atoms with Gasteiger partial charge in [-0.3, -0.25) is 4.79 Å². The molecular formula is C15H14INO2. The zero-order valence-electron chi connectivity index (χ0n) is 10.7. The van der Waals surface area contributed by atoms with Crippen LogP contribution < -0.4 is 10.1 Å². The van der Waals surface area contributed by atoms with E-state index in [0.717, 1.165) is 20.6 Å². The van der Waals surface area contributed by atoms with E-state index in [4.69, 9.17) is 4.74 Å². The number of methoxy groups -OCH3 is 1. The summed E-state index contributed by atoms with van der Waals surface area (Å²) in [4.78, 5) is 12.1. The van der Waals surface area contributed by atoms with Gasteiger partial charge in [-0.05, 0) is 77.5 Å². The van der Waals surface area contributed by atoms with E-state index in [1.807, 2.05) is 25.1 Å². The summed E-state index contributed by atoms with van der Waals surface area (Å²) in [6.07, 6.45) is 0. The SMILES string of the molecule is COc1ccc(C(=O)Nc2ccc(I)cc2C)cc1. The van der Waals surface area contributed by atoms with Crippen molar-refractivity contribution in [2.45, 2.75) is 6.92 Å². The van der Waals surface area contributed by atoms with Crippen LogP contribution in [0.1, 0.15) is 15.9 Å². The first-order valence-corrected chi connectivity index (χ1v) is 6.89. The minimum Gasteiger partial charge on any atom is -0.497 e. The molecular weight excluding hydrogens is 353 g/mol. The summed E-state index contributed by atoms with van der Waals surface area (Å²) >= 11 is 2.25. The molecule has 0 heterocycles. The van der Waals surface area contributed by atoms with Crippen molar-refractivity contribution in [3.8, 4) is 5.75 Å². The Morgan fingerprint density at radius 2 is 1.84 bits per heavy atom. The van der Waals surface area contributed by atoms with E-state index < -0.39 is 0 Å². The molecule has 1 N–H and O–H groups in total. The van der Waals surface area contributed by atoms with Gasteiger partial charge in [0.15, 0.2) is 0 Å². The summed E-state index contributed by atoms with van der Waals surface area (Å²) in [7, 11) is 1.60. The Hall–Kier alpha value is -1.56. The van der Waals surface area contributed by atoms with Crippen LogP contribution in [0.4, 0.5) is 5.69 Å². The number of benzene rings is 2. The number of rotatable bonds is 3. The fraction of sp³-hybridized carbons (Fsp3) is 0.133. The summed E-state index contributed by atoms with van der Waals surface area (Å²) in [5, 5.41) is 2.91. The normalized spacial score (nSPS) is 10.1. The third-order valence-electron chi connectivity index (χ3n) is 2.79. The number of carbonyl (C=O) groups is 1. The highest BCUT2D eigenvalue weighted by Gasteiger charge is 2.07. The van der Waals surface area contributed by atoms with E-state index in [1.165, 1.54) is 0 Å². The van der Waals surface area contributed by atoms with Crippen LogP contribution in [-0.2, 0) is 0 Å². The molecule has 2 aromatic rings. The highest BCUT2D eigenvalue weighted by atomic mass is 127. The summed E-state index contributed by atoms with van der Waals surface area (Å²) in [5.41, 5.74) is 2.49. The smallest absolute Gasteiger partial charge is 0.255 e. The third kappa shape index (κ3) is 3.47. The maximum absolute atomic E-state index is 12.1. The predicted molar refractivity (Wildman–Crippen MR) is 84.8 cm³/mol. The Morgan fingerprint density at radius 3 is 2.42 bits per heavy atom. The molecule has 0 saturated heterocycles. The number of halogens is 1. The van der Waals surface area contributed by atoms with Gasteiger partial charge in [0.2, 0.25) is 0 Å². The van der Waals surface area contributed by atoms with Gasteiger partial charge in [0.25, 0.3) is 5.91 Å². The average molecular weight is 367 g/mol. The van der Waals surface area contributed by atoms with Gasteiger partial charge < -0.3 is 10.1 Å². The number of amides is 1. The number of anilines is 1. The average Bonchev–Trinajstić information content (AvgIpc) is 2.42. The highest BCUT2D eigenvalue weighted by Crippen LogP contribution is 2.19. The Kier molecular flexibility index (Phi) is 4.42. The lowest BCUT2D eigenvalue weighted by molar-refractivity contribution is 0.102. The van der Waals surface area contributed by atoms with Crippen LogP contribution in [-0.4, -0.2) is 13.0 Å². The molecule has 0 aromatic heterocycles. The zero-order chi connectivity index (χ0) is 13.8. The Bertz CT molecular complexity index is 594. The number of carbonyl (C=O) groups excluding carboxylic acids is 1. The molecule has 19 heavy (non-hydrogen) atoms. The fourth-order valence-electron chi connectivity index (χ4n) is 1.70. The number of hydrogen-bond donors (Lipinski definition) is 1. The second-order valence-electron chi connectivity index (χ2n) is 4.14. The van der Waals surface area contributed by atoms with Crippen molar-refractivity contribution >= 4 is 34.2 Å². The van der Waals surface area contributed by atoms with Gasteiger partial charge in [-0.2, -0.15) is 0 Å². The van der Waals surface area contributed by atoms with Gasteiger partial charge >= 0.3 is 0 Å². The zero-order valence-corrected chi connectivity index (χ0v) is 12.9. The Balaban J connectivity index is 2.15. The predicted octanol–water partition coefficient (Wildman–Crippen LogP) is 3.86. The lowest BCUT2D eigenvalue weighted by atomic mass is 10.1. The number of ether oxygens (including phenoxy) is 1. The first-order valence-electron chi connectivity index (χ1n) is 5.81. The Labute approximate surface area is 126 Å². The molecule has 0 bridgehead atoms. The molecule has 98 valence electrons. The van der Waals surface area contributed by atoms with Gasteiger partial charge in [0.1, 0.15) is 5.75 Å². The van der Waals surface area contributed by atoms with Crippen molar-refractivity contribution < 1.29 is 9.53 Å². The third-order valence-corrected chi connectivity index (χ3v) is 3.46. The number of aryl methyl sites for hydroxylation is 1. The second kappa shape index (κ2) is 6.06. The largest absolute Gasteiger partial charge is 0.497 e. The van der Waals surface area contributed by atoms with Gasteiger partial charge in [-0.15, -0.1) is 0 Å². The molecule has 0 aliphatic rings. The quantitative estimate of drug-likeness (QED) is 0.837. The summed E-state index contributed by atoms with van der Waals surface area (Å²) in [6, 6.07) is 13.0. The Morgan fingerprint density at radius 1 is 1.16 bits per heavy atom. The molecule has 0 atom stereocenters. The van der Waals surface area contributed by atoms with Crippen LogP contribution >= 0.6 is 22.6 Å². The van der Waals surface area contributed by atoms with Crippen molar-refractivity contribution in [1.29, 1.82) is 0 Å². The highest BCUT2D eigenvalue weighted by molar-refractivity contribution is 14.1. The molecule has 1 amide bonds. The van der Waals surface area contributed by atoms with Gasteiger partial charge in [-0.25, -0.2) is 0 Å². The molecule has 4 heteroatoms.